The van der Waals surface area contributed by atoms with Gasteiger partial charge in [-0.2, -0.15) is 0 Å². The monoisotopic (exact) mass is 372 g/mol. The zero-order valence-corrected chi connectivity index (χ0v) is 14.8. The average Bonchev–Trinajstić information content (AvgIpc) is 3.15. The number of halogens is 1. The van der Waals surface area contributed by atoms with Gasteiger partial charge in [0.2, 0.25) is 6.79 Å². The van der Waals surface area contributed by atoms with E-state index in [1.807, 2.05) is 31.2 Å². The molecule has 25 heavy (non-hydrogen) atoms. The minimum Gasteiger partial charge on any atom is -0.454 e. The van der Waals surface area contributed by atoms with E-state index in [1.54, 1.807) is 18.2 Å². The van der Waals surface area contributed by atoms with E-state index in [-0.39, 0.29) is 12.7 Å². The molecule has 1 fully saturated rings. The molecule has 0 aromatic heterocycles. The number of ether oxygens (including phenoxy) is 2. The number of aliphatic imine (C=N–C) groups is 1. The summed E-state index contributed by atoms with van der Waals surface area (Å²) in [5.41, 5.74) is 2.68. The number of thioether (sulfide) groups is 1. The van der Waals surface area contributed by atoms with Gasteiger partial charge in [-0.05, 0) is 60.2 Å². The van der Waals surface area contributed by atoms with Crippen molar-refractivity contribution in [3.8, 4) is 11.5 Å². The average molecular weight is 373 g/mol. The highest BCUT2D eigenvalue weighted by molar-refractivity contribution is 8.18. The first-order chi connectivity index (χ1) is 12.1. The predicted octanol–water partition coefficient (Wildman–Crippen LogP) is 4.27. The van der Waals surface area contributed by atoms with Gasteiger partial charge in [-0.3, -0.25) is 4.79 Å². The summed E-state index contributed by atoms with van der Waals surface area (Å²) in [6.45, 7) is 2.15. The zero-order chi connectivity index (χ0) is 17.4. The lowest BCUT2D eigenvalue weighted by molar-refractivity contribution is -0.115. The Morgan fingerprint density at radius 2 is 2.16 bits per heavy atom. The van der Waals surface area contributed by atoms with E-state index in [4.69, 9.17) is 21.1 Å². The number of hydrogen-bond donors (Lipinski definition) is 1. The van der Waals surface area contributed by atoms with E-state index in [1.165, 1.54) is 11.8 Å². The third kappa shape index (κ3) is 3.36. The molecule has 7 heteroatoms. The van der Waals surface area contributed by atoms with Crippen LogP contribution in [0.15, 0.2) is 46.3 Å². The molecule has 2 aromatic carbocycles. The molecule has 0 spiro atoms. The fourth-order valence-corrected chi connectivity index (χ4v) is 3.63. The standard InChI is InChI=1S/C18H13ClN2O3S/c1-10-3-2-4-12(5-10)20-18-21-17(22)15(25-18)8-11-6-13(19)16-14(7-11)23-9-24-16/h2-8H,9H2,1H3,(H,20,21,22)/b15-8+. The van der Waals surface area contributed by atoms with Gasteiger partial charge in [-0.25, -0.2) is 4.99 Å². The lowest BCUT2D eigenvalue weighted by atomic mass is 10.2. The molecule has 1 saturated heterocycles. The summed E-state index contributed by atoms with van der Waals surface area (Å²) < 4.78 is 10.6. The smallest absolute Gasteiger partial charge is 0.264 e. The highest BCUT2D eigenvalue weighted by atomic mass is 35.5. The molecule has 2 aliphatic rings. The van der Waals surface area contributed by atoms with Gasteiger partial charge >= 0.3 is 0 Å². The number of carbonyl (C=O) groups excluding carboxylic acids is 1. The van der Waals surface area contributed by atoms with Crippen LogP contribution < -0.4 is 14.8 Å². The number of nitrogens with one attached hydrogen (secondary N) is 1. The fourth-order valence-electron chi connectivity index (χ4n) is 2.52. The SMILES string of the molecule is Cc1cccc(N=C2NC(=O)/C(=C\c3cc(Cl)c4c(c3)OCO4)S2)c1. The van der Waals surface area contributed by atoms with Crippen LogP contribution in [0, 0.1) is 6.92 Å². The minimum atomic E-state index is -0.190. The van der Waals surface area contributed by atoms with Crippen molar-refractivity contribution in [2.45, 2.75) is 6.92 Å². The van der Waals surface area contributed by atoms with Crippen LogP contribution in [0.25, 0.3) is 6.08 Å². The maximum atomic E-state index is 12.2. The summed E-state index contributed by atoms with van der Waals surface area (Å²) in [4.78, 5) is 17.2. The van der Waals surface area contributed by atoms with Gasteiger partial charge in [-0.1, -0.05) is 23.7 Å². The van der Waals surface area contributed by atoms with Crippen molar-refractivity contribution in [3.63, 3.8) is 0 Å². The van der Waals surface area contributed by atoms with Gasteiger partial charge in [0.25, 0.3) is 5.91 Å². The van der Waals surface area contributed by atoms with Crippen molar-refractivity contribution < 1.29 is 14.3 Å². The fraction of sp³-hybridized carbons (Fsp3) is 0.111. The molecule has 4 rings (SSSR count). The second-order valence-electron chi connectivity index (χ2n) is 5.56. The van der Waals surface area contributed by atoms with Gasteiger partial charge in [-0.15, -0.1) is 0 Å². The highest BCUT2D eigenvalue weighted by Crippen LogP contribution is 2.41. The van der Waals surface area contributed by atoms with Gasteiger partial charge in [0.1, 0.15) is 0 Å². The number of nitrogens with zero attached hydrogens (tertiary/aromatic N) is 1. The molecular weight excluding hydrogens is 360 g/mol. The van der Waals surface area contributed by atoms with Crippen LogP contribution in [0.5, 0.6) is 11.5 Å². The molecule has 5 nitrogen and oxygen atoms in total. The normalized spacial score (nSPS) is 18.9. The quantitative estimate of drug-likeness (QED) is 0.800. The number of amides is 1. The van der Waals surface area contributed by atoms with Crippen molar-refractivity contribution >= 4 is 46.2 Å². The van der Waals surface area contributed by atoms with Crippen LogP contribution in [0.3, 0.4) is 0 Å². The summed E-state index contributed by atoms with van der Waals surface area (Å²) in [6, 6.07) is 11.3. The van der Waals surface area contributed by atoms with Gasteiger partial charge < -0.3 is 14.8 Å². The van der Waals surface area contributed by atoms with Crippen LogP contribution in [-0.2, 0) is 4.79 Å². The van der Waals surface area contributed by atoms with Gasteiger partial charge in [0, 0.05) is 0 Å². The Labute approximate surface area is 153 Å². The molecule has 0 aliphatic carbocycles. The van der Waals surface area contributed by atoms with E-state index >= 15 is 0 Å². The number of amidine groups is 1. The first kappa shape index (κ1) is 16.1. The Morgan fingerprint density at radius 3 is 3.00 bits per heavy atom. The zero-order valence-electron chi connectivity index (χ0n) is 13.2. The summed E-state index contributed by atoms with van der Waals surface area (Å²) in [7, 11) is 0. The van der Waals surface area contributed by atoms with E-state index in [0.29, 0.717) is 26.6 Å². The molecule has 2 heterocycles. The first-order valence-electron chi connectivity index (χ1n) is 7.54. The molecule has 0 unspecified atom stereocenters. The Morgan fingerprint density at radius 1 is 1.28 bits per heavy atom. The van der Waals surface area contributed by atoms with Gasteiger partial charge in [0.05, 0.1) is 15.6 Å². The lowest BCUT2D eigenvalue weighted by Gasteiger charge is -2.01. The van der Waals surface area contributed by atoms with Gasteiger partial charge in [0.15, 0.2) is 16.7 Å². The Balaban J connectivity index is 1.61. The molecule has 0 atom stereocenters. The van der Waals surface area contributed by atoms with Crippen LogP contribution in [0.4, 0.5) is 5.69 Å². The number of hydrogen-bond acceptors (Lipinski definition) is 5. The molecule has 2 aliphatic heterocycles. The summed E-state index contributed by atoms with van der Waals surface area (Å²) in [6.07, 6.45) is 1.76. The van der Waals surface area contributed by atoms with Crippen molar-refractivity contribution in [1.29, 1.82) is 0 Å². The second-order valence-corrected chi connectivity index (χ2v) is 7.00. The Bertz CT molecular complexity index is 940. The van der Waals surface area contributed by atoms with E-state index in [2.05, 4.69) is 10.3 Å². The summed E-state index contributed by atoms with van der Waals surface area (Å²) in [5, 5.41) is 3.78. The number of benzene rings is 2. The van der Waals surface area contributed by atoms with Crippen molar-refractivity contribution in [2.75, 3.05) is 6.79 Å². The molecule has 2 aromatic rings. The van der Waals surface area contributed by atoms with Crippen LogP contribution in [-0.4, -0.2) is 17.9 Å². The van der Waals surface area contributed by atoms with Crippen LogP contribution >= 0.6 is 23.4 Å². The molecular formula is C18H13ClN2O3S. The predicted molar refractivity (Wildman–Crippen MR) is 99.6 cm³/mol. The molecule has 0 saturated carbocycles. The maximum absolute atomic E-state index is 12.2. The summed E-state index contributed by atoms with van der Waals surface area (Å²) >= 11 is 7.47. The van der Waals surface area contributed by atoms with Crippen molar-refractivity contribution in [3.05, 3.63) is 57.5 Å². The Kier molecular flexibility index (Phi) is 4.15. The maximum Gasteiger partial charge on any atom is 0.264 e. The Hall–Kier alpha value is -2.44. The lowest BCUT2D eigenvalue weighted by Crippen LogP contribution is -2.19. The molecule has 126 valence electrons. The van der Waals surface area contributed by atoms with Crippen LogP contribution in [0.2, 0.25) is 5.02 Å². The van der Waals surface area contributed by atoms with Crippen molar-refractivity contribution in [1.82, 2.24) is 5.32 Å². The van der Waals surface area contributed by atoms with Crippen molar-refractivity contribution in [2.24, 2.45) is 4.99 Å². The third-order valence-electron chi connectivity index (χ3n) is 3.63. The molecule has 1 N–H and O–H groups in total. The van der Waals surface area contributed by atoms with E-state index in [0.717, 1.165) is 16.8 Å². The number of carbonyl (C=O) groups is 1. The highest BCUT2D eigenvalue weighted by Gasteiger charge is 2.25. The first-order valence-corrected chi connectivity index (χ1v) is 8.73. The van der Waals surface area contributed by atoms with E-state index in [9.17, 15) is 4.79 Å². The topological polar surface area (TPSA) is 59.9 Å². The van der Waals surface area contributed by atoms with Crippen LogP contribution in [0.1, 0.15) is 11.1 Å². The summed E-state index contributed by atoms with van der Waals surface area (Å²) in [5.74, 6) is 0.927. The van der Waals surface area contributed by atoms with E-state index < -0.39 is 0 Å². The number of aryl methyl sites for hydroxylation is 1. The number of rotatable bonds is 2. The second kappa shape index (κ2) is 6.46. The molecule has 1 amide bonds. The minimum absolute atomic E-state index is 0.150. The molecule has 0 radical (unpaired) electrons. The largest absolute Gasteiger partial charge is 0.454 e. The third-order valence-corrected chi connectivity index (χ3v) is 4.82. The molecule has 0 bridgehead atoms. The number of fused-ring (bicyclic) bond motifs is 1.